The number of ether oxygens (including phenoxy) is 1. The normalized spacial score (nSPS) is 41.3. The molecule has 7 nitrogen and oxygen atoms in total. The fourth-order valence-electron chi connectivity index (χ4n) is 12.9. The summed E-state index contributed by atoms with van der Waals surface area (Å²) < 4.78 is 4.54. The number of allylic oxidation sites excluding steroid dienone is 2. The predicted octanol–water partition coefficient (Wildman–Crippen LogP) is 7.53. The van der Waals surface area contributed by atoms with Crippen molar-refractivity contribution < 1.29 is 24.2 Å². The van der Waals surface area contributed by atoms with E-state index in [1.165, 1.54) is 44.4 Å². The van der Waals surface area contributed by atoms with Crippen molar-refractivity contribution in [1.29, 1.82) is 0 Å². The molecular weight excluding hydrogens is 600 g/mol. The second kappa shape index (κ2) is 13.9. The number of nitrogens with one attached hydrogen (secondary N) is 2. The largest absolute Gasteiger partial charge is 0.468 e. The Balaban J connectivity index is 1.23. The molecule has 0 saturated heterocycles. The fourth-order valence-corrected chi connectivity index (χ4v) is 12.9. The molecule has 3 N–H and O–H groups in total. The van der Waals surface area contributed by atoms with E-state index < -0.39 is 5.97 Å². The highest BCUT2D eigenvalue weighted by Crippen LogP contribution is 2.77. The maximum atomic E-state index is 14.3. The molecule has 2 amide bonds. The average Bonchev–Trinajstić information content (AvgIpc) is 3.44. The van der Waals surface area contributed by atoms with Crippen LogP contribution >= 0.6 is 0 Å². The molecule has 0 bridgehead atoms. The molecule has 0 unspecified atom stereocenters. The average molecular weight is 667 g/mol. The van der Waals surface area contributed by atoms with Crippen LogP contribution in [0.5, 0.6) is 0 Å². The Labute approximate surface area is 290 Å². The van der Waals surface area contributed by atoms with Crippen molar-refractivity contribution in [3.8, 4) is 0 Å². The summed E-state index contributed by atoms with van der Waals surface area (Å²) in [6.45, 7) is 19.8. The van der Waals surface area contributed by atoms with E-state index in [0.717, 1.165) is 64.2 Å². The van der Waals surface area contributed by atoms with Crippen LogP contribution in [0, 0.1) is 56.7 Å². The lowest BCUT2D eigenvalue weighted by atomic mass is 9.32. The standard InChI is InChI=1S/C41H66N2O5/c1-27(2)28-17-22-41(36(47)42-25-13-11-9-10-12-14-33(45)43-26-34(46)48-8)24-23-39(6)29(35(28)41)15-16-31-38(5)20-19-32(44)37(3,4)30(38)18-21-40(31,39)7/h12,14,28-32,35,44H,1,9-11,13,15-26H2,2-8H3,(H,42,47)(H,43,45)/b14-12+/t28-,29+,30-,31+,32-,35+,38-,39+,40+,41-/m0/s1. The van der Waals surface area contributed by atoms with Crippen molar-refractivity contribution in [2.24, 2.45) is 56.7 Å². The first kappa shape index (κ1) is 37.1. The van der Waals surface area contributed by atoms with Crippen LogP contribution in [-0.4, -0.2) is 49.2 Å². The summed E-state index contributed by atoms with van der Waals surface area (Å²) in [5, 5.41) is 17.0. The van der Waals surface area contributed by atoms with Crippen LogP contribution in [-0.2, 0) is 19.1 Å². The Kier molecular flexibility index (Phi) is 10.7. The van der Waals surface area contributed by atoms with E-state index >= 15 is 0 Å². The van der Waals surface area contributed by atoms with Crippen molar-refractivity contribution >= 4 is 17.8 Å². The van der Waals surface area contributed by atoms with E-state index in [2.05, 4.69) is 63.5 Å². The van der Waals surface area contributed by atoms with Crippen LogP contribution in [0.2, 0.25) is 0 Å². The number of aliphatic hydroxyl groups is 1. The fraction of sp³-hybridized carbons (Fsp3) is 0.829. The van der Waals surface area contributed by atoms with Crippen LogP contribution in [0.1, 0.15) is 131 Å². The van der Waals surface area contributed by atoms with E-state index in [-0.39, 0.29) is 51.5 Å². The zero-order valence-electron chi connectivity index (χ0n) is 31.2. The summed E-state index contributed by atoms with van der Waals surface area (Å²) in [4.78, 5) is 37.3. The van der Waals surface area contributed by atoms with Gasteiger partial charge in [-0.3, -0.25) is 14.4 Å². The SMILES string of the molecule is C=C(C)[C@@H]1CC[C@]2(C(=O)NCCCCC/C=C/C(=O)NCC(=O)OC)CC[C@]3(C)[C@H](CC[C@@H]4[C@@]5(C)CC[C@H](O)C(C)(C)[C@@H]5CC[C@]43C)[C@@H]12. The van der Waals surface area contributed by atoms with E-state index in [1.54, 1.807) is 0 Å². The van der Waals surface area contributed by atoms with Gasteiger partial charge < -0.3 is 20.5 Å². The van der Waals surface area contributed by atoms with Crippen molar-refractivity contribution in [3.63, 3.8) is 0 Å². The van der Waals surface area contributed by atoms with Crippen LogP contribution in [0.3, 0.4) is 0 Å². The van der Waals surface area contributed by atoms with Gasteiger partial charge in [-0.05, 0) is 148 Å². The molecule has 0 spiro atoms. The monoisotopic (exact) mass is 666 g/mol. The minimum Gasteiger partial charge on any atom is -0.468 e. The zero-order valence-corrected chi connectivity index (χ0v) is 31.2. The topological polar surface area (TPSA) is 105 Å². The lowest BCUT2D eigenvalue weighted by Crippen LogP contribution is -2.67. The molecule has 5 aliphatic rings. The molecule has 0 aromatic rings. The number of hydrogen-bond donors (Lipinski definition) is 3. The van der Waals surface area contributed by atoms with Crippen LogP contribution < -0.4 is 10.6 Å². The van der Waals surface area contributed by atoms with E-state index in [0.29, 0.717) is 36.1 Å². The smallest absolute Gasteiger partial charge is 0.325 e. The molecule has 0 radical (unpaired) electrons. The van der Waals surface area contributed by atoms with Crippen molar-refractivity contribution in [1.82, 2.24) is 10.6 Å². The van der Waals surface area contributed by atoms with E-state index in [9.17, 15) is 19.5 Å². The zero-order chi connectivity index (χ0) is 35.1. The van der Waals surface area contributed by atoms with Crippen LogP contribution in [0.4, 0.5) is 0 Å². The Morgan fingerprint density at radius 1 is 0.854 bits per heavy atom. The third-order valence-corrected chi connectivity index (χ3v) is 15.7. The molecule has 0 aromatic carbocycles. The maximum Gasteiger partial charge on any atom is 0.325 e. The first-order valence-corrected chi connectivity index (χ1v) is 19.2. The molecule has 270 valence electrons. The second-order valence-corrected chi connectivity index (χ2v) is 18.0. The van der Waals surface area contributed by atoms with E-state index in [1.807, 2.05) is 6.08 Å². The lowest BCUT2D eigenvalue weighted by Gasteiger charge is -2.72. The maximum absolute atomic E-state index is 14.3. The van der Waals surface area contributed by atoms with Gasteiger partial charge in [0.1, 0.15) is 6.54 Å². The summed E-state index contributed by atoms with van der Waals surface area (Å²) in [6, 6.07) is 0. The summed E-state index contributed by atoms with van der Waals surface area (Å²) in [5.74, 6) is 2.04. The van der Waals surface area contributed by atoms with Crippen LogP contribution in [0.25, 0.3) is 0 Å². The van der Waals surface area contributed by atoms with Gasteiger partial charge in [0, 0.05) is 6.54 Å². The molecule has 10 atom stereocenters. The first-order valence-electron chi connectivity index (χ1n) is 19.2. The summed E-state index contributed by atoms with van der Waals surface area (Å²) in [5.41, 5.74) is 1.61. The highest BCUT2D eigenvalue weighted by Gasteiger charge is 2.71. The van der Waals surface area contributed by atoms with Gasteiger partial charge in [0.05, 0.1) is 18.6 Å². The Morgan fingerprint density at radius 2 is 1.60 bits per heavy atom. The van der Waals surface area contributed by atoms with Gasteiger partial charge in [-0.15, -0.1) is 0 Å². The van der Waals surface area contributed by atoms with E-state index in [4.69, 9.17) is 0 Å². The number of hydrogen-bond acceptors (Lipinski definition) is 5. The molecular formula is C41H66N2O5. The van der Waals surface area contributed by atoms with Gasteiger partial charge in [-0.1, -0.05) is 59.3 Å². The lowest BCUT2D eigenvalue weighted by molar-refractivity contribution is -0.246. The molecule has 5 aliphatic carbocycles. The Morgan fingerprint density at radius 3 is 2.31 bits per heavy atom. The Bertz CT molecular complexity index is 1280. The molecule has 0 aliphatic heterocycles. The molecule has 0 heterocycles. The minimum atomic E-state index is -0.469. The van der Waals surface area contributed by atoms with Gasteiger partial charge in [0.25, 0.3) is 0 Å². The molecule has 48 heavy (non-hydrogen) atoms. The van der Waals surface area contributed by atoms with Crippen molar-refractivity contribution in [2.75, 3.05) is 20.2 Å². The minimum absolute atomic E-state index is 0.0393. The third kappa shape index (κ3) is 6.10. The predicted molar refractivity (Wildman–Crippen MR) is 191 cm³/mol. The quantitative estimate of drug-likeness (QED) is 0.0916. The third-order valence-electron chi connectivity index (χ3n) is 15.7. The second-order valence-electron chi connectivity index (χ2n) is 18.0. The molecule has 0 aromatic heterocycles. The number of methoxy groups -OCH3 is 1. The van der Waals surface area contributed by atoms with Gasteiger partial charge >= 0.3 is 5.97 Å². The van der Waals surface area contributed by atoms with Gasteiger partial charge in [0.15, 0.2) is 0 Å². The highest BCUT2D eigenvalue weighted by molar-refractivity contribution is 5.90. The van der Waals surface area contributed by atoms with Crippen molar-refractivity contribution in [2.45, 2.75) is 138 Å². The Hall–Kier alpha value is -2.15. The number of carbonyl (C=O) groups is 3. The summed E-state index contributed by atoms with van der Waals surface area (Å²) >= 11 is 0. The number of unbranched alkanes of at least 4 members (excludes halogenated alkanes) is 3. The highest BCUT2D eigenvalue weighted by atomic mass is 16.5. The van der Waals surface area contributed by atoms with Crippen LogP contribution in [0.15, 0.2) is 24.3 Å². The number of carbonyl (C=O) groups excluding carboxylic acids is 3. The molecule has 5 rings (SSSR count). The molecule has 5 saturated carbocycles. The van der Waals surface area contributed by atoms with Gasteiger partial charge in [0.2, 0.25) is 11.8 Å². The first-order chi connectivity index (χ1) is 22.6. The van der Waals surface area contributed by atoms with Gasteiger partial charge in [-0.2, -0.15) is 0 Å². The number of esters is 1. The number of aliphatic hydroxyl groups excluding tert-OH is 1. The number of rotatable bonds is 11. The molecule has 5 fully saturated rings. The molecule has 7 heteroatoms. The number of fused-ring (bicyclic) bond motifs is 7. The summed E-state index contributed by atoms with van der Waals surface area (Å²) in [7, 11) is 1.29. The number of amides is 2. The van der Waals surface area contributed by atoms with Gasteiger partial charge in [-0.25, -0.2) is 0 Å². The van der Waals surface area contributed by atoms with Crippen molar-refractivity contribution in [3.05, 3.63) is 24.3 Å². The summed E-state index contributed by atoms with van der Waals surface area (Å²) in [6.07, 6.45) is 17.8.